The van der Waals surface area contributed by atoms with Crippen molar-refractivity contribution in [2.45, 2.75) is 13.0 Å². The minimum atomic E-state index is -1.00. The van der Waals surface area contributed by atoms with E-state index in [9.17, 15) is 9.90 Å². The molecule has 1 aromatic heterocycles. The van der Waals surface area contributed by atoms with E-state index in [-0.39, 0.29) is 11.6 Å². The maximum absolute atomic E-state index is 11.7. The average molecular weight is 559 g/mol. The first-order chi connectivity index (χ1) is 20.0. The number of aliphatic imine (C=N–C) groups is 2. The average Bonchev–Trinajstić information content (AvgIpc) is 3.33. The molecule has 7 rings (SSSR count). The number of fused-ring (bicyclic) bond motifs is 4. The summed E-state index contributed by atoms with van der Waals surface area (Å²) in [4.78, 5) is 24.0. The summed E-state index contributed by atoms with van der Waals surface area (Å²) in [6, 6.07) is 32.0. The van der Waals surface area contributed by atoms with E-state index in [1.807, 2.05) is 96.5 Å². The number of carbonyl (C=O) groups is 1. The van der Waals surface area contributed by atoms with Crippen LogP contribution in [0.1, 0.15) is 33.2 Å². The molecule has 200 valence electrons. The van der Waals surface area contributed by atoms with Crippen molar-refractivity contribution < 1.29 is 9.90 Å². The van der Waals surface area contributed by atoms with Crippen LogP contribution >= 0.6 is 11.6 Å². The van der Waals surface area contributed by atoms with Crippen LogP contribution in [0.5, 0.6) is 0 Å². The molecule has 0 fully saturated rings. The zero-order chi connectivity index (χ0) is 28.1. The fourth-order valence-corrected chi connectivity index (χ4v) is 5.50. The highest BCUT2D eigenvalue weighted by Gasteiger charge is 2.41. The molecular weight excluding hydrogens is 536 g/mol. The maximum atomic E-state index is 11.7. The van der Waals surface area contributed by atoms with Crippen LogP contribution in [-0.4, -0.2) is 32.5 Å². The van der Waals surface area contributed by atoms with Gasteiger partial charge in [0.15, 0.2) is 17.5 Å². The van der Waals surface area contributed by atoms with Crippen molar-refractivity contribution in [3.63, 3.8) is 0 Å². The van der Waals surface area contributed by atoms with E-state index in [1.54, 1.807) is 18.2 Å². The van der Waals surface area contributed by atoms with Gasteiger partial charge >= 0.3 is 5.97 Å². The molecule has 2 aliphatic rings. The van der Waals surface area contributed by atoms with Gasteiger partial charge in [-0.15, -0.1) is 0 Å². The molecule has 2 N–H and O–H groups in total. The van der Waals surface area contributed by atoms with Crippen molar-refractivity contribution in [3.05, 3.63) is 131 Å². The molecule has 0 bridgehead atoms. The summed E-state index contributed by atoms with van der Waals surface area (Å²) < 4.78 is 1.86. The number of carboxylic acid groups (broad SMARTS) is 1. The van der Waals surface area contributed by atoms with E-state index in [4.69, 9.17) is 26.7 Å². The Balaban J connectivity index is 1.48. The number of carboxylic acids is 1. The number of rotatable bonds is 4. The van der Waals surface area contributed by atoms with Crippen molar-refractivity contribution in [2.75, 3.05) is 10.2 Å². The zero-order valence-electron chi connectivity index (χ0n) is 21.9. The van der Waals surface area contributed by atoms with Crippen molar-refractivity contribution in [3.8, 4) is 5.69 Å². The number of para-hydroxylation sites is 3. The number of hydrogen-bond acceptors (Lipinski definition) is 6. The van der Waals surface area contributed by atoms with Crippen LogP contribution in [0.4, 0.5) is 22.9 Å². The van der Waals surface area contributed by atoms with Crippen LogP contribution in [0.3, 0.4) is 0 Å². The fraction of sp³-hybridized carbons (Fsp3) is 0.0625. The van der Waals surface area contributed by atoms with Crippen molar-refractivity contribution in [1.82, 2.24) is 9.78 Å². The Labute approximate surface area is 240 Å². The van der Waals surface area contributed by atoms with Crippen molar-refractivity contribution in [2.24, 2.45) is 9.98 Å². The fourth-order valence-electron chi connectivity index (χ4n) is 5.37. The Morgan fingerprint density at radius 3 is 2.44 bits per heavy atom. The summed E-state index contributed by atoms with van der Waals surface area (Å²) in [5.41, 5.74) is 6.16. The first-order valence-corrected chi connectivity index (χ1v) is 13.4. The monoisotopic (exact) mass is 558 g/mol. The predicted octanol–water partition coefficient (Wildman–Crippen LogP) is 7.33. The molecule has 1 atom stereocenters. The van der Waals surface area contributed by atoms with Crippen molar-refractivity contribution in [1.29, 1.82) is 0 Å². The highest BCUT2D eigenvalue weighted by molar-refractivity contribution is 6.51. The number of aromatic carboxylic acids is 1. The zero-order valence-corrected chi connectivity index (χ0v) is 22.6. The number of hydrogen-bond donors (Lipinski definition) is 2. The second-order valence-electron chi connectivity index (χ2n) is 9.79. The lowest BCUT2D eigenvalue weighted by Gasteiger charge is -2.40. The molecular formula is C32H23ClN6O2. The minimum Gasteiger partial charge on any atom is -0.478 e. The van der Waals surface area contributed by atoms with Gasteiger partial charge in [0.1, 0.15) is 0 Å². The molecule has 0 saturated heterocycles. The SMILES string of the molecule is Cc1nn(-c2ccccc2)c2c1C(c1ccc(Cl)cc1)N1C(=N2)C(Nc2cccc(C(=O)O)c2)=Nc2ccccc21. The minimum absolute atomic E-state index is 0.174. The summed E-state index contributed by atoms with van der Waals surface area (Å²) in [5.74, 6) is 0.784. The van der Waals surface area contributed by atoms with E-state index in [0.717, 1.165) is 33.9 Å². The van der Waals surface area contributed by atoms with Gasteiger partial charge in [-0.3, -0.25) is 0 Å². The summed E-state index contributed by atoms with van der Waals surface area (Å²) >= 11 is 6.31. The van der Waals surface area contributed by atoms with Gasteiger partial charge in [0, 0.05) is 16.3 Å². The number of nitrogens with zero attached hydrogens (tertiary/aromatic N) is 5. The molecule has 5 aromatic rings. The normalized spacial score (nSPS) is 15.3. The van der Waals surface area contributed by atoms with Crippen LogP contribution in [0.15, 0.2) is 113 Å². The van der Waals surface area contributed by atoms with E-state index in [2.05, 4.69) is 10.2 Å². The molecule has 4 aromatic carbocycles. The van der Waals surface area contributed by atoms with Gasteiger partial charge in [0.05, 0.1) is 34.4 Å². The summed E-state index contributed by atoms with van der Waals surface area (Å²) in [5, 5.41) is 18.5. The van der Waals surface area contributed by atoms with Gasteiger partial charge in [0.25, 0.3) is 0 Å². The number of benzene rings is 4. The third-order valence-corrected chi connectivity index (χ3v) is 7.45. The van der Waals surface area contributed by atoms with Crippen LogP contribution < -0.4 is 10.2 Å². The van der Waals surface area contributed by atoms with Crippen LogP contribution in [-0.2, 0) is 0 Å². The third-order valence-electron chi connectivity index (χ3n) is 7.20. The highest BCUT2D eigenvalue weighted by Crippen LogP contribution is 2.48. The number of anilines is 2. The molecule has 1 unspecified atom stereocenters. The summed E-state index contributed by atoms with van der Waals surface area (Å²) in [7, 11) is 0. The molecule has 0 aliphatic carbocycles. The van der Waals surface area contributed by atoms with Gasteiger partial charge in [-0.2, -0.15) is 5.10 Å². The second-order valence-corrected chi connectivity index (χ2v) is 10.2. The maximum Gasteiger partial charge on any atom is 0.335 e. The van der Waals surface area contributed by atoms with Crippen LogP contribution in [0.2, 0.25) is 5.02 Å². The molecule has 41 heavy (non-hydrogen) atoms. The highest BCUT2D eigenvalue weighted by atomic mass is 35.5. The van der Waals surface area contributed by atoms with Gasteiger partial charge in [-0.25, -0.2) is 19.5 Å². The molecule has 3 heterocycles. The quantitative estimate of drug-likeness (QED) is 0.241. The predicted molar refractivity (Wildman–Crippen MR) is 162 cm³/mol. The van der Waals surface area contributed by atoms with Crippen molar-refractivity contribution >= 4 is 52.1 Å². The Morgan fingerprint density at radius 2 is 1.66 bits per heavy atom. The Morgan fingerprint density at radius 1 is 0.902 bits per heavy atom. The summed E-state index contributed by atoms with van der Waals surface area (Å²) in [6.45, 7) is 2.00. The lowest BCUT2D eigenvalue weighted by molar-refractivity contribution is 0.0697. The molecule has 8 nitrogen and oxygen atoms in total. The van der Waals surface area contributed by atoms with E-state index >= 15 is 0 Å². The lowest BCUT2D eigenvalue weighted by atomic mass is 9.93. The van der Waals surface area contributed by atoms with Gasteiger partial charge in [-0.05, 0) is 67.1 Å². The molecule has 0 saturated carbocycles. The topological polar surface area (TPSA) is 95.1 Å². The largest absolute Gasteiger partial charge is 0.478 e. The molecule has 0 radical (unpaired) electrons. The lowest BCUT2D eigenvalue weighted by Crippen LogP contribution is -2.46. The Kier molecular flexibility index (Phi) is 5.91. The molecule has 9 heteroatoms. The summed E-state index contributed by atoms with van der Waals surface area (Å²) in [6.07, 6.45) is 0. The standard InChI is InChI=1S/C32H23ClN6O2/c1-19-27-28(20-14-16-22(33)17-15-20)38-26-13-6-5-12-25(26)35-29(34-23-9-7-8-21(18-23)32(40)41)31(38)36-30(27)39(37-19)24-10-3-2-4-11-24/h2-18,28H,1H3,(H,34,35)(H,40,41). The van der Waals surface area contributed by atoms with E-state index in [1.165, 1.54) is 0 Å². The number of aromatic nitrogens is 2. The smallest absolute Gasteiger partial charge is 0.335 e. The van der Waals surface area contributed by atoms with Crippen LogP contribution in [0, 0.1) is 6.92 Å². The third kappa shape index (κ3) is 4.25. The molecule has 0 amide bonds. The van der Waals surface area contributed by atoms with E-state index in [0.29, 0.717) is 28.2 Å². The number of aryl methyl sites for hydroxylation is 1. The first-order valence-electron chi connectivity index (χ1n) is 13.0. The van der Waals surface area contributed by atoms with Gasteiger partial charge in [-0.1, -0.05) is 60.1 Å². The van der Waals surface area contributed by atoms with Gasteiger partial charge < -0.3 is 15.3 Å². The number of halogens is 1. The second kappa shape index (κ2) is 9.76. The Bertz CT molecular complexity index is 1880. The van der Waals surface area contributed by atoms with E-state index < -0.39 is 5.97 Å². The van der Waals surface area contributed by atoms with Crippen LogP contribution in [0.25, 0.3) is 5.69 Å². The molecule has 2 aliphatic heterocycles. The number of nitrogens with one attached hydrogen (secondary N) is 1. The first kappa shape index (κ1) is 24.8. The number of amidine groups is 2. The molecule has 0 spiro atoms. The Hall–Kier alpha value is -5.21. The van der Waals surface area contributed by atoms with Gasteiger partial charge in [0.2, 0.25) is 0 Å².